The molecule has 0 aliphatic heterocycles. The third-order valence-electron chi connectivity index (χ3n) is 1.40. The van der Waals surface area contributed by atoms with Gasteiger partial charge in [0.2, 0.25) is 0 Å². The van der Waals surface area contributed by atoms with Gasteiger partial charge in [-0.25, -0.2) is 9.97 Å². The number of nitrogens with zero attached hydrogens (tertiary/aromatic N) is 3. The highest BCUT2D eigenvalue weighted by molar-refractivity contribution is 5.08. The molecule has 5 heteroatoms. The second-order valence-electron chi connectivity index (χ2n) is 2.31. The van der Waals surface area contributed by atoms with E-state index in [1.165, 1.54) is 12.5 Å². The molecule has 0 aliphatic rings. The number of aromatic nitrogens is 3. The van der Waals surface area contributed by atoms with Gasteiger partial charge in [-0.3, -0.25) is 0 Å². The molecule has 0 aliphatic carbocycles. The smallest absolute Gasteiger partial charge is 0.179 e. The Kier molecular flexibility index (Phi) is 2.18. The zero-order chi connectivity index (χ0) is 8.93. The topological polar surface area (TPSA) is 61.0 Å². The van der Waals surface area contributed by atoms with Crippen LogP contribution in [0.2, 0.25) is 0 Å². The molecule has 0 radical (unpaired) electrons. The summed E-state index contributed by atoms with van der Waals surface area (Å²) in [5.41, 5.74) is 0. The van der Waals surface area contributed by atoms with Crippen LogP contribution in [0, 0.1) is 0 Å². The zero-order valence-electron chi connectivity index (χ0n) is 6.75. The van der Waals surface area contributed by atoms with Gasteiger partial charge in [0.05, 0.1) is 0 Å². The molecule has 2 heterocycles. The van der Waals surface area contributed by atoms with Crippen molar-refractivity contribution >= 4 is 0 Å². The first-order valence-electron chi connectivity index (χ1n) is 3.73. The normalized spacial score (nSPS) is 9.85. The molecule has 2 rings (SSSR count). The lowest BCUT2D eigenvalue weighted by Gasteiger charge is -1.99. The molecule has 5 nitrogen and oxygen atoms in total. The van der Waals surface area contributed by atoms with E-state index < -0.39 is 0 Å². The molecule has 0 saturated heterocycles. The van der Waals surface area contributed by atoms with E-state index in [4.69, 9.17) is 4.74 Å². The first kappa shape index (κ1) is 7.72. The average Bonchev–Trinajstić information content (AvgIpc) is 2.69. The molecule has 0 spiro atoms. The predicted octanol–water partition coefficient (Wildman–Crippen LogP) is 1.04. The minimum absolute atomic E-state index is 0.321. The first-order valence-corrected chi connectivity index (χ1v) is 3.73. The summed E-state index contributed by atoms with van der Waals surface area (Å²) in [6, 6.07) is 1.75. The van der Waals surface area contributed by atoms with Gasteiger partial charge in [-0.1, -0.05) is 5.16 Å². The fraction of sp³-hybridized carbons (Fsp3) is 0.125. The van der Waals surface area contributed by atoms with E-state index in [0.29, 0.717) is 18.2 Å². The van der Waals surface area contributed by atoms with Gasteiger partial charge in [0, 0.05) is 12.4 Å². The first-order chi connectivity index (χ1) is 6.45. The minimum atomic E-state index is 0.321. The maximum atomic E-state index is 5.25. The highest BCUT2D eigenvalue weighted by Crippen LogP contribution is 2.08. The van der Waals surface area contributed by atoms with Crippen molar-refractivity contribution in [2.75, 3.05) is 0 Å². The molecule has 13 heavy (non-hydrogen) atoms. The summed E-state index contributed by atoms with van der Waals surface area (Å²) in [5.74, 6) is 1.20. The molecular weight excluding hydrogens is 170 g/mol. The molecule has 0 bridgehead atoms. The quantitative estimate of drug-likeness (QED) is 0.701. The third kappa shape index (κ3) is 2.02. The van der Waals surface area contributed by atoms with Crippen LogP contribution in [0.5, 0.6) is 5.75 Å². The van der Waals surface area contributed by atoms with Crippen LogP contribution in [-0.2, 0) is 6.61 Å². The summed E-state index contributed by atoms with van der Waals surface area (Å²) in [6.45, 7) is 0.321. The van der Waals surface area contributed by atoms with Crippen molar-refractivity contribution in [2.45, 2.75) is 6.61 Å². The fourth-order valence-corrected chi connectivity index (χ4v) is 0.819. The minimum Gasteiger partial charge on any atom is -0.480 e. The summed E-state index contributed by atoms with van der Waals surface area (Å²) in [4.78, 5) is 7.98. The molecule has 0 N–H and O–H groups in total. The van der Waals surface area contributed by atoms with Gasteiger partial charge < -0.3 is 9.26 Å². The van der Waals surface area contributed by atoms with Gasteiger partial charge in [0.1, 0.15) is 12.8 Å². The van der Waals surface area contributed by atoms with Crippen molar-refractivity contribution in [3.8, 4) is 5.75 Å². The van der Waals surface area contributed by atoms with Crippen molar-refractivity contribution in [3.63, 3.8) is 0 Å². The molecular formula is C8H7N3O2. The van der Waals surface area contributed by atoms with Crippen LogP contribution in [0.25, 0.3) is 0 Å². The van der Waals surface area contributed by atoms with Gasteiger partial charge in [-0.05, 0) is 6.07 Å². The van der Waals surface area contributed by atoms with Crippen LogP contribution < -0.4 is 4.74 Å². The standard InChI is InChI=1S/C8H7N3O2/c1-2-9-8(10-3-1)6-12-7-4-11-13-5-7/h1-5H,6H2. The molecule has 0 saturated carbocycles. The number of ether oxygens (including phenoxy) is 1. The van der Waals surface area contributed by atoms with Gasteiger partial charge in [0.15, 0.2) is 17.8 Å². The Labute approximate surface area is 74.4 Å². The Balaban J connectivity index is 1.94. The van der Waals surface area contributed by atoms with E-state index in [2.05, 4.69) is 19.6 Å². The summed E-state index contributed by atoms with van der Waals surface area (Å²) in [6.07, 6.45) is 6.24. The van der Waals surface area contributed by atoms with Crippen molar-refractivity contribution in [1.82, 2.24) is 15.1 Å². The van der Waals surface area contributed by atoms with Crippen LogP contribution in [0.3, 0.4) is 0 Å². The monoisotopic (exact) mass is 177 g/mol. The highest BCUT2D eigenvalue weighted by Gasteiger charge is 1.98. The van der Waals surface area contributed by atoms with Crippen LogP contribution in [-0.4, -0.2) is 15.1 Å². The van der Waals surface area contributed by atoms with E-state index in [0.717, 1.165) is 0 Å². The van der Waals surface area contributed by atoms with Crippen molar-refractivity contribution in [2.24, 2.45) is 0 Å². The highest BCUT2D eigenvalue weighted by atomic mass is 16.5. The van der Waals surface area contributed by atoms with Crippen LogP contribution in [0.15, 0.2) is 35.4 Å². The van der Waals surface area contributed by atoms with E-state index in [1.54, 1.807) is 18.5 Å². The van der Waals surface area contributed by atoms with Gasteiger partial charge in [0.25, 0.3) is 0 Å². The lowest BCUT2D eigenvalue weighted by molar-refractivity contribution is 0.291. The summed E-state index contributed by atoms with van der Waals surface area (Å²) in [7, 11) is 0. The largest absolute Gasteiger partial charge is 0.480 e. The molecule has 0 unspecified atom stereocenters. The number of rotatable bonds is 3. The van der Waals surface area contributed by atoms with Crippen LogP contribution in [0.4, 0.5) is 0 Å². The Morgan fingerprint density at radius 2 is 2.15 bits per heavy atom. The molecule has 0 atom stereocenters. The maximum Gasteiger partial charge on any atom is 0.179 e. The Morgan fingerprint density at radius 3 is 2.85 bits per heavy atom. The van der Waals surface area contributed by atoms with Crippen LogP contribution in [0.1, 0.15) is 5.82 Å². The molecule has 2 aromatic rings. The van der Waals surface area contributed by atoms with Gasteiger partial charge in [-0.2, -0.15) is 0 Å². The summed E-state index contributed by atoms with van der Waals surface area (Å²) >= 11 is 0. The second-order valence-corrected chi connectivity index (χ2v) is 2.31. The van der Waals surface area contributed by atoms with Gasteiger partial charge in [-0.15, -0.1) is 0 Å². The SMILES string of the molecule is c1cnc(COc2cnoc2)nc1. The predicted molar refractivity (Wildman–Crippen MR) is 42.9 cm³/mol. The van der Waals surface area contributed by atoms with Gasteiger partial charge >= 0.3 is 0 Å². The fourth-order valence-electron chi connectivity index (χ4n) is 0.819. The molecule has 0 amide bonds. The van der Waals surface area contributed by atoms with E-state index >= 15 is 0 Å². The zero-order valence-corrected chi connectivity index (χ0v) is 6.75. The summed E-state index contributed by atoms with van der Waals surface area (Å²) in [5, 5.41) is 3.49. The van der Waals surface area contributed by atoms with E-state index in [9.17, 15) is 0 Å². The van der Waals surface area contributed by atoms with E-state index in [-0.39, 0.29) is 0 Å². The lowest BCUT2D eigenvalue weighted by Crippen LogP contribution is -1.99. The van der Waals surface area contributed by atoms with Crippen molar-refractivity contribution in [1.29, 1.82) is 0 Å². The molecule has 0 fully saturated rings. The van der Waals surface area contributed by atoms with Crippen molar-refractivity contribution in [3.05, 3.63) is 36.7 Å². The maximum absolute atomic E-state index is 5.25. The van der Waals surface area contributed by atoms with Crippen LogP contribution >= 0.6 is 0 Å². The van der Waals surface area contributed by atoms with E-state index in [1.807, 2.05) is 0 Å². The Hall–Kier alpha value is -1.91. The lowest BCUT2D eigenvalue weighted by atomic mass is 10.6. The summed E-state index contributed by atoms with van der Waals surface area (Å²) < 4.78 is 9.84. The van der Waals surface area contributed by atoms with Crippen molar-refractivity contribution < 1.29 is 9.26 Å². The molecule has 0 aromatic carbocycles. The Morgan fingerprint density at radius 1 is 1.31 bits per heavy atom. The molecule has 66 valence electrons. The molecule has 2 aromatic heterocycles. The third-order valence-corrected chi connectivity index (χ3v) is 1.40. The number of hydrogen-bond donors (Lipinski definition) is 0. The number of hydrogen-bond acceptors (Lipinski definition) is 5. The second kappa shape index (κ2) is 3.66. The average molecular weight is 177 g/mol. The Bertz CT molecular complexity index is 347.